The molecule has 0 saturated carbocycles. The van der Waals surface area contributed by atoms with E-state index in [0.29, 0.717) is 16.2 Å². The minimum Gasteiger partial charge on any atom is -0.396 e. The Labute approximate surface area is 95.8 Å². The summed E-state index contributed by atoms with van der Waals surface area (Å²) < 4.78 is 0.617. The first-order valence-corrected chi connectivity index (χ1v) is 5.36. The maximum Gasteiger partial charge on any atom is 0.153 e. The summed E-state index contributed by atoms with van der Waals surface area (Å²) in [6.45, 7) is 2.12. The van der Waals surface area contributed by atoms with Gasteiger partial charge in [-0.15, -0.1) is 10.2 Å². The van der Waals surface area contributed by atoms with Crippen LogP contribution in [0.2, 0.25) is 5.15 Å². The van der Waals surface area contributed by atoms with Gasteiger partial charge in [-0.2, -0.15) is 0 Å². The van der Waals surface area contributed by atoms with Gasteiger partial charge in [0, 0.05) is 18.7 Å². The molecule has 0 spiro atoms. The van der Waals surface area contributed by atoms with Gasteiger partial charge in [0.2, 0.25) is 0 Å². The van der Waals surface area contributed by atoms with E-state index in [1.807, 2.05) is 6.92 Å². The van der Waals surface area contributed by atoms with E-state index in [-0.39, 0.29) is 12.6 Å². The third-order valence-corrected chi connectivity index (χ3v) is 2.45. The number of halogens is 2. The molecule has 0 aliphatic rings. The van der Waals surface area contributed by atoms with Crippen molar-refractivity contribution in [2.45, 2.75) is 19.4 Å². The summed E-state index contributed by atoms with van der Waals surface area (Å²) >= 11 is 8.95. The Hall–Kier alpha value is -0.390. The van der Waals surface area contributed by atoms with Crippen LogP contribution in [0.5, 0.6) is 0 Å². The molecule has 0 aliphatic carbocycles. The summed E-state index contributed by atoms with van der Waals surface area (Å²) in [6, 6.07) is 1.85. The summed E-state index contributed by atoms with van der Waals surface area (Å²) in [5.41, 5.74) is 0.783. The third-order valence-electron chi connectivity index (χ3n) is 1.68. The molecule has 0 bridgehead atoms. The van der Waals surface area contributed by atoms with Crippen molar-refractivity contribution in [1.29, 1.82) is 0 Å². The largest absolute Gasteiger partial charge is 0.396 e. The normalized spacial score (nSPS) is 12.6. The molecular weight excluding hydrogens is 269 g/mol. The summed E-state index contributed by atoms with van der Waals surface area (Å²) in [5, 5.41) is 19.7. The van der Waals surface area contributed by atoms with Gasteiger partial charge in [0.05, 0.1) is 5.69 Å². The average molecular weight is 281 g/mol. The fraction of sp³-hybridized carbons (Fsp3) is 0.500. The number of aliphatic hydroxyl groups excluding tert-OH is 1. The first-order chi connectivity index (χ1) is 6.63. The Kier molecular flexibility index (Phi) is 4.57. The van der Waals surface area contributed by atoms with Crippen molar-refractivity contribution in [3.05, 3.63) is 15.8 Å². The molecule has 14 heavy (non-hydrogen) atoms. The van der Waals surface area contributed by atoms with E-state index >= 15 is 0 Å². The van der Waals surface area contributed by atoms with Gasteiger partial charge in [0.25, 0.3) is 0 Å². The van der Waals surface area contributed by atoms with Crippen molar-refractivity contribution in [3.8, 4) is 0 Å². The van der Waals surface area contributed by atoms with E-state index in [9.17, 15) is 0 Å². The van der Waals surface area contributed by atoms with Crippen molar-refractivity contribution in [1.82, 2.24) is 10.2 Å². The molecule has 1 atom stereocenters. The van der Waals surface area contributed by atoms with Crippen LogP contribution >= 0.6 is 27.5 Å². The van der Waals surface area contributed by atoms with Crippen LogP contribution < -0.4 is 5.32 Å². The lowest BCUT2D eigenvalue weighted by Gasteiger charge is -2.14. The minimum atomic E-state index is 0.151. The van der Waals surface area contributed by atoms with Gasteiger partial charge in [-0.1, -0.05) is 11.6 Å². The fourth-order valence-electron chi connectivity index (χ4n) is 0.986. The number of hydrogen-bond donors (Lipinski definition) is 2. The Morgan fingerprint density at radius 2 is 2.36 bits per heavy atom. The van der Waals surface area contributed by atoms with Crippen LogP contribution in [-0.2, 0) is 0 Å². The maximum atomic E-state index is 8.73. The molecule has 0 aliphatic heterocycles. The van der Waals surface area contributed by atoms with Crippen molar-refractivity contribution in [2.24, 2.45) is 0 Å². The first kappa shape index (κ1) is 11.7. The highest BCUT2D eigenvalue weighted by Crippen LogP contribution is 2.22. The smallest absolute Gasteiger partial charge is 0.153 e. The molecule has 0 saturated heterocycles. The van der Waals surface area contributed by atoms with Crippen LogP contribution in [0, 0.1) is 0 Å². The molecule has 78 valence electrons. The van der Waals surface area contributed by atoms with E-state index in [4.69, 9.17) is 16.7 Å². The predicted molar refractivity (Wildman–Crippen MR) is 59.5 cm³/mol. The lowest BCUT2D eigenvalue weighted by Crippen LogP contribution is -2.17. The van der Waals surface area contributed by atoms with Crippen LogP contribution in [0.3, 0.4) is 0 Å². The summed E-state index contributed by atoms with van der Waals surface area (Å²) in [6.07, 6.45) is 0.673. The molecular formula is C8H11BrClN3O. The molecule has 0 unspecified atom stereocenters. The van der Waals surface area contributed by atoms with E-state index in [1.54, 1.807) is 6.07 Å². The Balaban J connectivity index is 2.70. The van der Waals surface area contributed by atoms with Gasteiger partial charge in [-0.25, -0.2) is 0 Å². The molecule has 4 nitrogen and oxygen atoms in total. The SMILES string of the molecule is C[C@@H](CCO)Nc1cc(Cl)nnc1Br. The second-order valence-electron chi connectivity index (χ2n) is 2.93. The zero-order valence-electron chi connectivity index (χ0n) is 7.67. The van der Waals surface area contributed by atoms with E-state index in [1.165, 1.54) is 0 Å². The van der Waals surface area contributed by atoms with Gasteiger partial charge >= 0.3 is 0 Å². The highest BCUT2D eigenvalue weighted by Gasteiger charge is 2.06. The number of aromatic nitrogens is 2. The zero-order chi connectivity index (χ0) is 10.6. The van der Waals surface area contributed by atoms with Crippen molar-refractivity contribution < 1.29 is 5.11 Å². The highest BCUT2D eigenvalue weighted by atomic mass is 79.9. The molecule has 1 aromatic heterocycles. The number of nitrogens with one attached hydrogen (secondary N) is 1. The van der Waals surface area contributed by atoms with Gasteiger partial charge in [0.1, 0.15) is 0 Å². The number of aliphatic hydroxyl groups is 1. The van der Waals surface area contributed by atoms with Gasteiger partial charge in [0.15, 0.2) is 9.76 Å². The highest BCUT2D eigenvalue weighted by molar-refractivity contribution is 9.10. The summed E-state index contributed by atoms with van der Waals surface area (Å²) in [7, 11) is 0. The topological polar surface area (TPSA) is 58.0 Å². The lowest BCUT2D eigenvalue weighted by atomic mass is 10.2. The predicted octanol–water partition coefficient (Wildman–Crippen LogP) is 2.08. The number of anilines is 1. The van der Waals surface area contributed by atoms with E-state index in [2.05, 4.69) is 31.4 Å². The molecule has 1 aromatic rings. The molecule has 0 amide bonds. The Morgan fingerprint density at radius 3 is 3.00 bits per heavy atom. The summed E-state index contributed by atoms with van der Waals surface area (Å²) in [4.78, 5) is 0. The minimum absolute atomic E-state index is 0.151. The van der Waals surface area contributed by atoms with Gasteiger partial charge in [-0.3, -0.25) is 0 Å². The maximum absolute atomic E-state index is 8.73. The van der Waals surface area contributed by atoms with Crippen LogP contribution in [0.25, 0.3) is 0 Å². The van der Waals surface area contributed by atoms with Crippen molar-refractivity contribution >= 4 is 33.2 Å². The van der Waals surface area contributed by atoms with Crippen LogP contribution in [0.15, 0.2) is 10.7 Å². The number of rotatable bonds is 4. The van der Waals surface area contributed by atoms with E-state index in [0.717, 1.165) is 5.69 Å². The third kappa shape index (κ3) is 3.40. The molecule has 1 heterocycles. The molecule has 1 rings (SSSR count). The van der Waals surface area contributed by atoms with Crippen molar-refractivity contribution in [2.75, 3.05) is 11.9 Å². The average Bonchev–Trinajstić information content (AvgIpc) is 2.12. The molecule has 0 fully saturated rings. The molecule has 6 heteroatoms. The van der Waals surface area contributed by atoms with Gasteiger partial charge < -0.3 is 10.4 Å². The standard InChI is InChI=1S/C8H11BrClN3O/c1-5(2-3-14)11-6-4-7(10)12-13-8(6)9/h4-5,14H,2-3H2,1H3,(H,11,12)/t5-/m0/s1. The van der Waals surface area contributed by atoms with Crippen LogP contribution in [0.1, 0.15) is 13.3 Å². The fourth-order valence-corrected chi connectivity index (χ4v) is 1.44. The number of nitrogens with zero attached hydrogens (tertiary/aromatic N) is 2. The number of hydrogen-bond acceptors (Lipinski definition) is 4. The zero-order valence-corrected chi connectivity index (χ0v) is 10.0. The summed E-state index contributed by atoms with van der Waals surface area (Å²) in [5.74, 6) is 0. The Bertz CT molecular complexity index is 311. The van der Waals surface area contributed by atoms with Crippen LogP contribution in [0.4, 0.5) is 5.69 Å². The first-order valence-electron chi connectivity index (χ1n) is 4.19. The second kappa shape index (κ2) is 5.48. The van der Waals surface area contributed by atoms with E-state index < -0.39 is 0 Å². The molecule has 0 aromatic carbocycles. The quantitative estimate of drug-likeness (QED) is 0.886. The monoisotopic (exact) mass is 279 g/mol. The molecule has 0 radical (unpaired) electrons. The van der Waals surface area contributed by atoms with Crippen molar-refractivity contribution in [3.63, 3.8) is 0 Å². The van der Waals surface area contributed by atoms with Crippen LogP contribution in [-0.4, -0.2) is 28.0 Å². The second-order valence-corrected chi connectivity index (χ2v) is 4.07. The lowest BCUT2D eigenvalue weighted by molar-refractivity contribution is 0.282. The van der Waals surface area contributed by atoms with Gasteiger partial charge in [-0.05, 0) is 29.3 Å². The Morgan fingerprint density at radius 1 is 1.64 bits per heavy atom. The molecule has 2 N–H and O–H groups in total.